The maximum Gasteiger partial charge on any atom is 0.254 e. The Balaban J connectivity index is 1.49. The fraction of sp³-hybridized carbons (Fsp3) is 0.318. The number of unbranched alkanes of at least 4 members (excludes halogenated alkanes) is 1. The van der Waals surface area contributed by atoms with Gasteiger partial charge in [-0.2, -0.15) is 5.10 Å². The van der Waals surface area contributed by atoms with Crippen molar-refractivity contribution in [3.05, 3.63) is 72.2 Å². The van der Waals surface area contributed by atoms with Crippen LogP contribution in [0.1, 0.15) is 35.8 Å². The molecule has 0 saturated heterocycles. The highest BCUT2D eigenvalue weighted by molar-refractivity contribution is 5.95. The minimum atomic E-state index is -0.0737. The molecule has 3 aromatic rings. The van der Waals surface area contributed by atoms with E-state index in [-0.39, 0.29) is 5.91 Å². The van der Waals surface area contributed by atoms with Crippen molar-refractivity contribution in [2.24, 2.45) is 0 Å². The SMILES string of the molecule is CCc1c(C(=O)NCCCCN(C)c2ccccc2)cnn1-c1ccccn1. The Kier molecular flexibility index (Phi) is 6.78. The Morgan fingerprint density at radius 3 is 2.61 bits per heavy atom. The molecule has 0 aliphatic heterocycles. The summed E-state index contributed by atoms with van der Waals surface area (Å²) in [6, 6.07) is 16.0. The fourth-order valence-electron chi connectivity index (χ4n) is 3.16. The third-order valence-electron chi connectivity index (χ3n) is 4.72. The number of nitrogens with one attached hydrogen (secondary N) is 1. The summed E-state index contributed by atoms with van der Waals surface area (Å²) in [4.78, 5) is 19.1. The van der Waals surface area contributed by atoms with E-state index in [4.69, 9.17) is 0 Å². The van der Waals surface area contributed by atoms with Crippen molar-refractivity contribution in [2.75, 3.05) is 25.0 Å². The molecule has 1 amide bonds. The predicted molar refractivity (Wildman–Crippen MR) is 112 cm³/mol. The molecule has 1 aromatic carbocycles. The van der Waals surface area contributed by atoms with Crippen molar-refractivity contribution in [1.82, 2.24) is 20.1 Å². The predicted octanol–water partition coefficient (Wildman–Crippen LogP) is 3.48. The van der Waals surface area contributed by atoms with Gasteiger partial charge in [0.25, 0.3) is 5.91 Å². The van der Waals surface area contributed by atoms with Crippen molar-refractivity contribution >= 4 is 11.6 Å². The van der Waals surface area contributed by atoms with Gasteiger partial charge in [-0.15, -0.1) is 0 Å². The van der Waals surface area contributed by atoms with Gasteiger partial charge < -0.3 is 10.2 Å². The Bertz CT molecular complexity index is 876. The number of nitrogens with zero attached hydrogens (tertiary/aromatic N) is 4. The second kappa shape index (κ2) is 9.69. The number of para-hydroxylation sites is 1. The fourth-order valence-corrected chi connectivity index (χ4v) is 3.16. The van der Waals surface area contributed by atoms with Crippen molar-refractivity contribution in [1.29, 1.82) is 0 Å². The maximum absolute atomic E-state index is 12.6. The minimum absolute atomic E-state index is 0.0737. The third kappa shape index (κ3) is 4.76. The number of rotatable bonds is 9. The van der Waals surface area contributed by atoms with E-state index < -0.39 is 0 Å². The van der Waals surface area contributed by atoms with E-state index in [2.05, 4.69) is 39.5 Å². The van der Waals surface area contributed by atoms with Crippen LogP contribution in [0.15, 0.2) is 60.9 Å². The summed E-state index contributed by atoms with van der Waals surface area (Å²) in [6.45, 7) is 3.63. The molecule has 1 N–H and O–H groups in total. The molecule has 2 heterocycles. The molecule has 0 unspecified atom stereocenters. The van der Waals surface area contributed by atoms with Crippen LogP contribution in [0.25, 0.3) is 5.82 Å². The summed E-state index contributed by atoms with van der Waals surface area (Å²) in [5, 5.41) is 7.39. The number of hydrogen-bond donors (Lipinski definition) is 1. The Labute approximate surface area is 166 Å². The molecule has 0 radical (unpaired) electrons. The lowest BCUT2D eigenvalue weighted by Crippen LogP contribution is -2.26. The standard InChI is InChI=1S/C22H27N5O/c1-3-20-19(17-25-27(20)21-13-7-8-14-23-21)22(28)24-15-9-10-16-26(2)18-11-5-4-6-12-18/h4-8,11-14,17H,3,9-10,15-16H2,1-2H3,(H,24,28). The quantitative estimate of drug-likeness (QED) is 0.580. The van der Waals surface area contributed by atoms with E-state index in [1.54, 1.807) is 17.1 Å². The summed E-state index contributed by atoms with van der Waals surface area (Å²) in [6.07, 6.45) is 6.01. The number of amides is 1. The summed E-state index contributed by atoms with van der Waals surface area (Å²) < 4.78 is 1.74. The number of anilines is 1. The number of aromatic nitrogens is 3. The molecule has 0 saturated carbocycles. The summed E-state index contributed by atoms with van der Waals surface area (Å²) in [7, 11) is 2.09. The monoisotopic (exact) mass is 377 g/mol. The van der Waals surface area contributed by atoms with E-state index >= 15 is 0 Å². The normalized spacial score (nSPS) is 10.6. The molecule has 28 heavy (non-hydrogen) atoms. The van der Waals surface area contributed by atoms with Gasteiger partial charge in [-0.25, -0.2) is 9.67 Å². The van der Waals surface area contributed by atoms with E-state index in [1.165, 1.54) is 5.69 Å². The van der Waals surface area contributed by atoms with Gasteiger partial charge in [-0.05, 0) is 43.5 Å². The highest BCUT2D eigenvalue weighted by Crippen LogP contribution is 2.14. The molecular weight excluding hydrogens is 350 g/mol. The van der Waals surface area contributed by atoms with Crippen LogP contribution in [-0.4, -0.2) is 40.8 Å². The smallest absolute Gasteiger partial charge is 0.254 e. The molecule has 0 fully saturated rings. The third-order valence-corrected chi connectivity index (χ3v) is 4.72. The number of carbonyl (C=O) groups is 1. The van der Waals surface area contributed by atoms with Gasteiger partial charge >= 0.3 is 0 Å². The van der Waals surface area contributed by atoms with Gasteiger partial charge in [0.1, 0.15) is 0 Å². The molecular formula is C22H27N5O. The van der Waals surface area contributed by atoms with Crippen molar-refractivity contribution in [2.45, 2.75) is 26.2 Å². The van der Waals surface area contributed by atoms with Crippen LogP contribution >= 0.6 is 0 Å². The first-order valence-electron chi connectivity index (χ1n) is 9.73. The van der Waals surface area contributed by atoms with Crippen LogP contribution in [0.3, 0.4) is 0 Å². The Hall–Kier alpha value is -3.15. The van der Waals surface area contributed by atoms with E-state index in [1.807, 2.05) is 43.3 Å². The molecule has 0 aliphatic carbocycles. The van der Waals surface area contributed by atoms with Gasteiger partial charge in [0.05, 0.1) is 17.5 Å². The van der Waals surface area contributed by atoms with Crippen LogP contribution in [0.5, 0.6) is 0 Å². The second-order valence-electron chi connectivity index (χ2n) is 6.68. The lowest BCUT2D eigenvalue weighted by molar-refractivity contribution is 0.0952. The van der Waals surface area contributed by atoms with E-state index in [9.17, 15) is 4.79 Å². The summed E-state index contributed by atoms with van der Waals surface area (Å²) >= 11 is 0. The number of carbonyl (C=O) groups excluding carboxylic acids is 1. The molecule has 146 valence electrons. The topological polar surface area (TPSA) is 63.1 Å². The zero-order valence-corrected chi connectivity index (χ0v) is 16.5. The van der Waals surface area contributed by atoms with Gasteiger partial charge in [0, 0.05) is 32.0 Å². The zero-order valence-electron chi connectivity index (χ0n) is 16.5. The molecule has 0 atom stereocenters. The van der Waals surface area contributed by atoms with Gasteiger partial charge in [-0.1, -0.05) is 31.2 Å². The summed E-state index contributed by atoms with van der Waals surface area (Å²) in [5.41, 5.74) is 2.70. The maximum atomic E-state index is 12.6. The molecule has 0 bridgehead atoms. The van der Waals surface area contributed by atoms with E-state index in [0.717, 1.165) is 30.9 Å². The van der Waals surface area contributed by atoms with Crippen molar-refractivity contribution in [3.63, 3.8) is 0 Å². The average molecular weight is 377 g/mol. The van der Waals surface area contributed by atoms with Gasteiger partial charge in [0.2, 0.25) is 0 Å². The van der Waals surface area contributed by atoms with Crippen LogP contribution < -0.4 is 10.2 Å². The van der Waals surface area contributed by atoms with Crippen LogP contribution in [-0.2, 0) is 6.42 Å². The first-order chi connectivity index (χ1) is 13.7. The first-order valence-corrected chi connectivity index (χ1v) is 9.73. The van der Waals surface area contributed by atoms with Crippen LogP contribution in [0, 0.1) is 0 Å². The first kappa shape index (κ1) is 19.6. The molecule has 2 aromatic heterocycles. The average Bonchev–Trinajstić information content (AvgIpc) is 3.18. The van der Waals surface area contributed by atoms with Gasteiger partial charge in [0.15, 0.2) is 5.82 Å². The number of benzene rings is 1. The minimum Gasteiger partial charge on any atom is -0.375 e. The Morgan fingerprint density at radius 1 is 1.11 bits per heavy atom. The largest absolute Gasteiger partial charge is 0.375 e. The van der Waals surface area contributed by atoms with E-state index in [0.29, 0.717) is 18.5 Å². The Morgan fingerprint density at radius 2 is 1.89 bits per heavy atom. The molecule has 6 nitrogen and oxygen atoms in total. The molecule has 0 aliphatic rings. The highest BCUT2D eigenvalue weighted by Gasteiger charge is 2.17. The van der Waals surface area contributed by atoms with Crippen LogP contribution in [0.2, 0.25) is 0 Å². The lowest BCUT2D eigenvalue weighted by Gasteiger charge is -2.19. The number of hydrogen-bond acceptors (Lipinski definition) is 4. The van der Waals surface area contributed by atoms with Gasteiger partial charge in [-0.3, -0.25) is 4.79 Å². The highest BCUT2D eigenvalue weighted by atomic mass is 16.1. The van der Waals surface area contributed by atoms with Crippen molar-refractivity contribution in [3.8, 4) is 5.82 Å². The lowest BCUT2D eigenvalue weighted by atomic mass is 10.2. The van der Waals surface area contributed by atoms with Crippen LogP contribution in [0.4, 0.5) is 5.69 Å². The number of pyridine rings is 1. The summed E-state index contributed by atoms with van der Waals surface area (Å²) in [5.74, 6) is 0.651. The second-order valence-corrected chi connectivity index (χ2v) is 6.68. The molecule has 6 heteroatoms. The van der Waals surface area contributed by atoms with Crippen molar-refractivity contribution < 1.29 is 4.79 Å². The molecule has 0 spiro atoms. The molecule has 3 rings (SSSR count). The zero-order chi connectivity index (χ0) is 19.8.